The summed E-state index contributed by atoms with van der Waals surface area (Å²) in [6.07, 6.45) is 1.57. The summed E-state index contributed by atoms with van der Waals surface area (Å²) >= 11 is 0. The third-order valence-electron chi connectivity index (χ3n) is 6.75. The lowest BCUT2D eigenvalue weighted by molar-refractivity contribution is -0.161. The highest BCUT2D eigenvalue weighted by molar-refractivity contribution is 6.02. The molecule has 0 bridgehead atoms. The first-order chi connectivity index (χ1) is 17.2. The number of esters is 2. The summed E-state index contributed by atoms with van der Waals surface area (Å²) in [6.45, 7) is 17.6. The zero-order valence-electron chi connectivity index (χ0n) is 23.5. The van der Waals surface area contributed by atoms with Crippen molar-refractivity contribution in [1.82, 2.24) is 0 Å². The van der Waals surface area contributed by atoms with E-state index < -0.39 is 34.3 Å². The van der Waals surface area contributed by atoms with Crippen LogP contribution in [0.5, 0.6) is 11.5 Å². The summed E-state index contributed by atoms with van der Waals surface area (Å²) in [5, 5.41) is 11.4. The number of allylic oxidation sites excluding steroid dienone is 1. The highest BCUT2D eigenvalue weighted by Crippen LogP contribution is 2.54. The molecule has 0 aromatic heterocycles. The van der Waals surface area contributed by atoms with E-state index in [0.29, 0.717) is 5.75 Å². The molecule has 0 amide bonds. The molecule has 1 aliphatic rings. The molecule has 2 aromatic rings. The van der Waals surface area contributed by atoms with Crippen LogP contribution in [0.3, 0.4) is 0 Å². The summed E-state index contributed by atoms with van der Waals surface area (Å²) in [6, 6.07) is 11.2. The lowest BCUT2D eigenvalue weighted by Crippen LogP contribution is -2.52. The predicted octanol–water partition coefficient (Wildman–Crippen LogP) is 6.32. The Labute approximate surface area is 220 Å². The van der Waals surface area contributed by atoms with Crippen molar-refractivity contribution in [2.24, 2.45) is 0 Å². The maximum Gasteiger partial charge on any atom is 0.356 e. The largest absolute Gasteiger partial charge is 0.507 e. The van der Waals surface area contributed by atoms with E-state index >= 15 is 0 Å². The number of carbonyl (C=O) groups is 2. The van der Waals surface area contributed by atoms with Gasteiger partial charge < -0.3 is 19.3 Å². The van der Waals surface area contributed by atoms with Gasteiger partial charge in [0.25, 0.3) is 0 Å². The molecular weight excluding hydrogens is 468 g/mol. The van der Waals surface area contributed by atoms with E-state index in [1.165, 1.54) is 0 Å². The number of hydrogen-bond donors (Lipinski definition) is 1. The van der Waals surface area contributed by atoms with Crippen LogP contribution in [0, 0.1) is 0 Å². The normalized spacial score (nSPS) is 19.7. The van der Waals surface area contributed by atoms with Gasteiger partial charge in [-0.15, -0.1) is 0 Å². The minimum Gasteiger partial charge on any atom is -0.507 e. The number of rotatable bonds is 6. The predicted molar refractivity (Wildman–Crippen MR) is 144 cm³/mol. The number of carbonyl (C=O) groups excluding carboxylic acids is 2. The van der Waals surface area contributed by atoms with Gasteiger partial charge in [-0.3, -0.25) is 0 Å². The molecule has 1 aliphatic heterocycles. The van der Waals surface area contributed by atoms with E-state index in [1.54, 1.807) is 32.9 Å². The van der Waals surface area contributed by atoms with Crippen LogP contribution in [-0.2, 0) is 29.9 Å². The van der Waals surface area contributed by atoms with E-state index in [1.807, 2.05) is 71.9 Å². The average molecular weight is 509 g/mol. The third-order valence-corrected chi connectivity index (χ3v) is 6.75. The van der Waals surface area contributed by atoms with Crippen molar-refractivity contribution < 1.29 is 28.9 Å². The van der Waals surface area contributed by atoms with E-state index in [-0.39, 0.29) is 24.5 Å². The Hall–Kier alpha value is -3.28. The van der Waals surface area contributed by atoms with Gasteiger partial charge in [0.05, 0.1) is 24.7 Å². The molecule has 6 nitrogen and oxygen atoms in total. The Balaban J connectivity index is 2.48. The quantitative estimate of drug-likeness (QED) is 0.363. The Morgan fingerprint density at radius 1 is 0.973 bits per heavy atom. The Kier molecular flexibility index (Phi) is 7.83. The number of para-hydroxylation sites is 1. The monoisotopic (exact) mass is 508 g/mol. The molecule has 37 heavy (non-hydrogen) atoms. The summed E-state index contributed by atoms with van der Waals surface area (Å²) in [4.78, 5) is 27.2. The van der Waals surface area contributed by atoms with Gasteiger partial charge in [0.2, 0.25) is 5.60 Å². The molecule has 0 spiro atoms. The Morgan fingerprint density at radius 2 is 1.51 bits per heavy atom. The maximum absolute atomic E-state index is 13.9. The fraction of sp³-hybridized carbons (Fsp3) is 0.484. The van der Waals surface area contributed by atoms with Crippen molar-refractivity contribution in [2.45, 2.75) is 84.7 Å². The minimum atomic E-state index is -1.80. The molecule has 1 N–H and O–H groups in total. The van der Waals surface area contributed by atoms with E-state index in [2.05, 4.69) is 0 Å². The molecule has 3 rings (SSSR count). The Bertz CT molecular complexity index is 1180. The average Bonchev–Trinajstić information content (AvgIpc) is 3.14. The molecule has 200 valence electrons. The van der Waals surface area contributed by atoms with Crippen molar-refractivity contribution in [3.63, 3.8) is 0 Å². The van der Waals surface area contributed by atoms with Gasteiger partial charge in [0, 0.05) is 5.56 Å². The lowest BCUT2D eigenvalue weighted by Gasteiger charge is -2.35. The Morgan fingerprint density at radius 3 is 2.00 bits per heavy atom. The van der Waals surface area contributed by atoms with Gasteiger partial charge in [0.1, 0.15) is 11.5 Å². The van der Waals surface area contributed by atoms with Crippen molar-refractivity contribution in [3.8, 4) is 11.5 Å². The summed E-state index contributed by atoms with van der Waals surface area (Å²) < 4.78 is 17.4. The van der Waals surface area contributed by atoms with Crippen LogP contribution < -0.4 is 4.74 Å². The van der Waals surface area contributed by atoms with Gasteiger partial charge in [-0.2, -0.15) is 0 Å². The number of benzene rings is 2. The van der Waals surface area contributed by atoms with Crippen LogP contribution in [-0.4, -0.2) is 35.9 Å². The number of hydrogen-bond acceptors (Lipinski definition) is 6. The highest BCUT2D eigenvalue weighted by atomic mass is 16.6. The standard InChI is InChI=1S/C31H40O6/c1-10-21(27(33)35-11-2)31(28(34)36-12-3)25(20-15-13-14-16-24(20)37-31)19-17-22(29(4,5)6)26(32)23(18-19)30(7,8)9/h10,13-18,25,32H,11-12H2,1-9H3/b21-10+/t25-,31+/m1/s1. The van der Waals surface area contributed by atoms with Crippen LogP contribution in [0.25, 0.3) is 0 Å². The van der Waals surface area contributed by atoms with Crippen molar-refractivity contribution >= 4 is 11.9 Å². The van der Waals surface area contributed by atoms with Crippen LogP contribution in [0.2, 0.25) is 0 Å². The smallest absolute Gasteiger partial charge is 0.356 e. The first-order valence-corrected chi connectivity index (χ1v) is 12.9. The number of phenols is 1. The van der Waals surface area contributed by atoms with Crippen LogP contribution in [0.15, 0.2) is 48.0 Å². The summed E-state index contributed by atoms with van der Waals surface area (Å²) in [5.74, 6) is -1.30. The molecule has 2 aromatic carbocycles. The molecule has 0 saturated carbocycles. The fourth-order valence-electron chi connectivity index (χ4n) is 5.06. The molecule has 0 saturated heterocycles. The molecule has 2 atom stereocenters. The second kappa shape index (κ2) is 10.2. The van der Waals surface area contributed by atoms with Crippen molar-refractivity contribution in [3.05, 3.63) is 70.3 Å². The van der Waals surface area contributed by atoms with Crippen LogP contribution in [0.1, 0.15) is 90.5 Å². The van der Waals surface area contributed by atoms with Gasteiger partial charge in [0.15, 0.2) is 0 Å². The van der Waals surface area contributed by atoms with Crippen LogP contribution in [0.4, 0.5) is 0 Å². The van der Waals surface area contributed by atoms with E-state index in [0.717, 1.165) is 22.3 Å². The number of ether oxygens (including phenoxy) is 3. The van der Waals surface area contributed by atoms with E-state index in [4.69, 9.17) is 14.2 Å². The van der Waals surface area contributed by atoms with Gasteiger partial charge in [-0.1, -0.05) is 78.0 Å². The molecule has 1 heterocycles. The molecule has 0 fully saturated rings. The molecule has 0 aliphatic carbocycles. The van der Waals surface area contributed by atoms with Crippen LogP contribution >= 0.6 is 0 Å². The first-order valence-electron chi connectivity index (χ1n) is 12.9. The topological polar surface area (TPSA) is 82.1 Å². The fourth-order valence-corrected chi connectivity index (χ4v) is 5.06. The van der Waals surface area contributed by atoms with Gasteiger partial charge in [-0.05, 0) is 54.4 Å². The second-order valence-electron chi connectivity index (χ2n) is 11.4. The van der Waals surface area contributed by atoms with Crippen molar-refractivity contribution in [2.75, 3.05) is 13.2 Å². The molecule has 0 unspecified atom stereocenters. The zero-order chi connectivity index (χ0) is 27.8. The highest BCUT2D eigenvalue weighted by Gasteiger charge is 2.61. The van der Waals surface area contributed by atoms with Gasteiger partial charge >= 0.3 is 11.9 Å². The minimum absolute atomic E-state index is 0.0803. The zero-order valence-corrected chi connectivity index (χ0v) is 23.5. The second-order valence-corrected chi connectivity index (χ2v) is 11.4. The maximum atomic E-state index is 13.9. The summed E-state index contributed by atoms with van der Waals surface area (Å²) in [5.41, 5.74) is 0.482. The number of fused-ring (bicyclic) bond motifs is 1. The third kappa shape index (κ3) is 4.98. The molecule has 6 heteroatoms. The summed E-state index contributed by atoms with van der Waals surface area (Å²) in [7, 11) is 0. The SMILES string of the molecule is C/C=C(\C(=O)OCC)[C@]1(C(=O)OCC)Oc2ccccc2[C@H]1c1cc(C(C)(C)C)c(O)c(C(C)(C)C)c1. The first kappa shape index (κ1) is 28.3. The molecular formula is C31H40O6. The molecule has 0 radical (unpaired) electrons. The number of aromatic hydroxyl groups is 1. The number of phenolic OH excluding ortho intramolecular Hbond substituents is 1. The lowest BCUT2D eigenvalue weighted by atomic mass is 9.71. The van der Waals surface area contributed by atoms with E-state index in [9.17, 15) is 14.7 Å². The van der Waals surface area contributed by atoms with Gasteiger partial charge in [-0.25, -0.2) is 9.59 Å². The van der Waals surface area contributed by atoms with Crippen molar-refractivity contribution in [1.29, 1.82) is 0 Å².